The number of hydrogen-bond acceptors (Lipinski definition) is 3. The summed E-state index contributed by atoms with van der Waals surface area (Å²) in [5.74, 6) is 0.452. The Morgan fingerprint density at radius 2 is 1.54 bits per heavy atom. The van der Waals surface area contributed by atoms with E-state index in [0.717, 1.165) is 38.4 Å². The number of carbonyl (C=O) groups is 1. The number of esters is 1. The Labute approximate surface area is 161 Å². The highest BCUT2D eigenvalue weighted by atomic mass is 79.9. The van der Waals surface area contributed by atoms with Crippen LogP contribution in [0.4, 0.5) is 0 Å². The molecule has 134 valence electrons. The van der Waals surface area contributed by atoms with Crippen LogP contribution in [0.15, 0.2) is 53.0 Å². The van der Waals surface area contributed by atoms with E-state index < -0.39 is 0 Å². The van der Waals surface area contributed by atoms with Crippen LogP contribution in [-0.4, -0.2) is 24.8 Å². The highest BCUT2D eigenvalue weighted by molar-refractivity contribution is 9.10. The molecule has 0 N–H and O–H groups in total. The fourth-order valence-corrected chi connectivity index (χ4v) is 3.54. The highest BCUT2D eigenvalue weighted by Gasteiger charge is 2.25. The van der Waals surface area contributed by atoms with Gasteiger partial charge >= 0.3 is 5.97 Å². The summed E-state index contributed by atoms with van der Waals surface area (Å²) in [7, 11) is 3.05. The minimum absolute atomic E-state index is 0.337. The Morgan fingerprint density at radius 3 is 2.08 bits per heavy atom. The van der Waals surface area contributed by atoms with Gasteiger partial charge in [0, 0.05) is 27.1 Å². The number of hydrogen-bond donors (Lipinski definition) is 0. The van der Waals surface area contributed by atoms with Gasteiger partial charge in [0.05, 0.1) is 19.8 Å². The molecule has 0 saturated heterocycles. The smallest absolute Gasteiger partial charge is 0.340 e. The van der Waals surface area contributed by atoms with Crippen molar-refractivity contribution < 1.29 is 14.3 Å². The van der Waals surface area contributed by atoms with Gasteiger partial charge in [0.1, 0.15) is 5.75 Å². The van der Waals surface area contributed by atoms with E-state index in [1.54, 1.807) is 7.11 Å². The zero-order valence-electron chi connectivity index (χ0n) is 15.2. The van der Waals surface area contributed by atoms with E-state index in [-0.39, 0.29) is 5.97 Å². The minimum Gasteiger partial charge on any atom is -0.497 e. The molecular weight excluding hydrogens is 394 g/mol. The Kier molecular flexibility index (Phi) is 5.18. The van der Waals surface area contributed by atoms with Crippen LogP contribution in [-0.2, 0) is 4.74 Å². The fraction of sp³-hybridized carbons (Fsp3) is 0.190. The normalized spacial score (nSPS) is 10.7. The van der Waals surface area contributed by atoms with Gasteiger partial charge in [0.2, 0.25) is 0 Å². The summed E-state index contributed by atoms with van der Waals surface area (Å²) in [6.07, 6.45) is 0. The SMILES string of the molecule is COC(=O)c1c(-c2ccc(Br)cc2)c(C)n(-c2ccc(OC)cc2)c1C. The number of nitrogens with zero attached hydrogens (tertiary/aromatic N) is 1. The summed E-state index contributed by atoms with van der Waals surface area (Å²) in [5.41, 5.74) is 5.24. The topological polar surface area (TPSA) is 40.5 Å². The third-order valence-electron chi connectivity index (χ3n) is 4.50. The lowest BCUT2D eigenvalue weighted by molar-refractivity contribution is 0.0601. The lowest BCUT2D eigenvalue weighted by Crippen LogP contribution is -2.05. The molecule has 1 heterocycles. The van der Waals surface area contributed by atoms with Gasteiger partial charge in [-0.1, -0.05) is 28.1 Å². The summed E-state index contributed by atoms with van der Waals surface area (Å²) < 4.78 is 13.4. The van der Waals surface area contributed by atoms with Crippen LogP contribution < -0.4 is 4.74 Å². The van der Waals surface area contributed by atoms with Crippen molar-refractivity contribution in [1.29, 1.82) is 0 Å². The number of carbonyl (C=O) groups excluding carboxylic acids is 1. The third kappa shape index (κ3) is 3.15. The van der Waals surface area contributed by atoms with Crippen molar-refractivity contribution in [2.24, 2.45) is 0 Å². The first-order valence-electron chi connectivity index (χ1n) is 8.18. The van der Waals surface area contributed by atoms with Crippen LogP contribution in [0.2, 0.25) is 0 Å². The van der Waals surface area contributed by atoms with E-state index in [1.165, 1.54) is 7.11 Å². The van der Waals surface area contributed by atoms with Gasteiger partial charge in [-0.25, -0.2) is 4.79 Å². The zero-order valence-corrected chi connectivity index (χ0v) is 16.8. The summed E-state index contributed by atoms with van der Waals surface area (Å²) in [4.78, 5) is 12.5. The zero-order chi connectivity index (χ0) is 18.8. The molecule has 3 aromatic rings. The average Bonchev–Trinajstić information content (AvgIpc) is 2.92. The maximum absolute atomic E-state index is 12.5. The highest BCUT2D eigenvalue weighted by Crippen LogP contribution is 2.35. The third-order valence-corrected chi connectivity index (χ3v) is 5.03. The maximum atomic E-state index is 12.5. The van der Waals surface area contributed by atoms with Gasteiger partial charge in [0.25, 0.3) is 0 Å². The monoisotopic (exact) mass is 413 g/mol. The molecular formula is C21H20BrNO3. The lowest BCUT2D eigenvalue weighted by atomic mass is 10.0. The van der Waals surface area contributed by atoms with Crippen molar-refractivity contribution in [3.63, 3.8) is 0 Å². The van der Waals surface area contributed by atoms with Gasteiger partial charge in [0.15, 0.2) is 0 Å². The first kappa shape index (κ1) is 18.3. The van der Waals surface area contributed by atoms with Crippen LogP contribution in [0.5, 0.6) is 5.75 Å². The van der Waals surface area contributed by atoms with E-state index >= 15 is 0 Å². The van der Waals surface area contributed by atoms with Gasteiger partial charge in [-0.15, -0.1) is 0 Å². The van der Waals surface area contributed by atoms with Crippen LogP contribution >= 0.6 is 15.9 Å². The standard InChI is InChI=1S/C21H20BrNO3/c1-13-19(15-5-7-16(22)8-6-15)20(21(24)26-4)14(2)23(13)17-9-11-18(25-3)12-10-17/h5-12H,1-4H3. The number of aromatic nitrogens is 1. The van der Waals surface area contributed by atoms with E-state index in [2.05, 4.69) is 20.5 Å². The van der Waals surface area contributed by atoms with Crippen molar-refractivity contribution >= 4 is 21.9 Å². The Hall–Kier alpha value is -2.53. The molecule has 26 heavy (non-hydrogen) atoms. The molecule has 0 amide bonds. The quantitative estimate of drug-likeness (QED) is 0.543. The van der Waals surface area contributed by atoms with Crippen molar-refractivity contribution in [3.05, 3.63) is 70.0 Å². The number of halogens is 1. The molecule has 1 aromatic heterocycles. The molecule has 4 nitrogen and oxygen atoms in total. The molecule has 0 aliphatic heterocycles. The predicted molar refractivity (Wildman–Crippen MR) is 106 cm³/mol. The van der Waals surface area contributed by atoms with Crippen molar-refractivity contribution in [1.82, 2.24) is 4.57 Å². The lowest BCUT2D eigenvalue weighted by Gasteiger charge is -2.11. The van der Waals surface area contributed by atoms with E-state index in [1.807, 2.05) is 62.4 Å². The number of methoxy groups -OCH3 is 2. The molecule has 0 fully saturated rings. The Morgan fingerprint density at radius 1 is 0.923 bits per heavy atom. The van der Waals surface area contributed by atoms with Crippen molar-refractivity contribution in [3.8, 4) is 22.6 Å². The molecule has 0 aliphatic carbocycles. The Bertz CT molecular complexity index is 941. The van der Waals surface area contributed by atoms with Crippen LogP contribution in [0, 0.1) is 13.8 Å². The molecule has 0 atom stereocenters. The number of benzene rings is 2. The largest absolute Gasteiger partial charge is 0.497 e. The van der Waals surface area contributed by atoms with Crippen molar-refractivity contribution in [2.45, 2.75) is 13.8 Å². The summed E-state index contributed by atoms with van der Waals surface area (Å²) >= 11 is 3.46. The first-order chi connectivity index (χ1) is 12.5. The van der Waals surface area contributed by atoms with E-state index in [9.17, 15) is 4.79 Å². The maximum Gasteiger partial charge on any atom is 0.340 e. The molecule has 0 saturated carbocycles. The molecule has 3 rings (SSSR count). The number of ether oxygens (including phenoxy) is 2. The number of rotatable bonds is 4. The van der Waals surface area contributed by atoms with Crippen LogP contribution in [0.3, 0.4) is 0 Å². The predicted octanol–water partition coefficient (Wildman–Crippen LogP) is 5.32. The van der Waals surface area contributed by atoms with E-state index in [0.29, 0.717) is 5.56 Å². The minimum atomic E-state index is -0.337. The molecule has 0 radical (unpaired) electrons. The van der Waals surface area contributed by atoms with E-state index in [4.69, 9.17) is 9.47 Å². The summed E-state index contributed by atoms with van der Waals surface area (Å²) in [6.45, 7) is 3.95. The Balaban J connectivity index is 2.26. The van der Waals surface area contributed by atoms with Crippen LogP contribution in [0.1, 0.15) is 21.7 Å². The van der Waals surface area contributed by atoms with Gasteiger partial charge in [-0.05, 0) is 55.8 Å². The summed E-state index contributed by atoms with van der Waals surface area (Å²) in [5, 5.41) is 0. The van der Waals surface area contributed by atoms with Gasteiger partial charge in [-0.2, -0.15) is 0 Å². The molecule has 0 unspecified atom stereocenters. The molecule has 0 aliphatic rings. The molecule has 0 spiro atoms. The van der Waals surface area contributed by atoms with Crippen molar-refractivity contribution in [2.75, 3.05) is 14.2 Å². The fourth-order valence-electron chi connectivity index (χ4n) is 3.28. The average molecular weight is 414 g/mol. The van der Waals surface area contributed by atoms with Gasteiger partial charge < -0.3 is 14.0 Å². The second-order valence-electron chi connectivity index (χ2n) is 5.95. The first-order valence-corrected chi connectivity index (χ1v) is 8.97. The second kappa shape index (κ2) is 7.38. The van der Waals surface area contributed by atoms with Gasteiger partial charge in [-0.3, -0.25) is 0 Å². The summed E-state index contributed by atoms with van der Waals surface area (Å²) in [6, 6.07) is 15.7. The van der Waals surface area contributed by atoms with Crippen LogP contribution in [0.25, 0.3) is 16.8 Å². The molecule has 5 heteroatoms. The second-order valence-corrected chi connectivity index (χ2v) is 6.87. The molecule has 2 aromatic carbocycles. The molecule has 0 bridgehead atoms.